The van der Waals surface area contributed by atoms with Crippen molar-refractivity contribution in [1.82, 2.24) is 0 Å². The Morgan fingerprint density at radius 3 is 0.581 bits per heavy atom. The Kier molecular flexibility index (Phi) is 70.9. The zero-order valence-corrected chi connectivity index (χ0v) is 52.1. The number of carbonyl (C=O) groups is 2. The highest BCUT2D eigenvalue weighted by Gasteiger charge is 2.05. The summed E-state index contributed by atoms with van der Waals surface area (Å²) in [6, 6.07) is 0. The van der Waals surface area contributed by atoms with E-state index in [1.54, 1.807) is 0 Å². The van der Waals surface area contributed by atoms with Crippen LogP contribution in [0.1, 0.15) is 420 Å². The molecular formula is C70H140O4. The van der Waals surface area contributed by atoms with Gasteiger partial charge in [-0.3, -0.25) is 9.59 Å². The monoisotopic (exact) mass is 1050 g/mol. The van der Waals surface area contributed by atoms with Gasteiger partial charge < -0.3 is 9.47 Å². The predicted octanol–water partition coefficient (Wildman–Crippen LogP) is 25.2. The summed E-state index contributed by atoms with van der Waals surface area (Å²) < 4.78 is 10.9. The summed E-state index contributed by atoms with van der Waals surface area (Å²) in [6.45, 7) is 12.8. The second-order valence-corrected chi connectivity index (χ2v) is 24.2. The van der Waals surface area contributed by atoms with E-state index in [9.17, 15) is 9.59 Å². The van der Waals surface area contributed by atoms with Gasteiger partial charge >= 0.3 is 11.9 Å². The number of rotatable bonds is 63. The van der Waals surface area contributed by atoms with E-state index in [0.29, 0.717) is 26.1 Å². The van der Waals surface area contributed by atoms with Crippen molar-refractivity contribution in [2.24, 2.45) is 5.92 Å². The lowest BCUT2D eigenvalue weighted by Crippen LogP contribution is -2.05. The molecule has 4 nitrogen and oxygen atoms in total. The fourth-order valence-electron chi connectivity index (χ4n) is 10.7. The maximum absolute atomic E-state index is 11.9. The summed E-state index contributed by atoms with van der Waals surface area (Å²) in [5, 5.41) is 0. The average molecular weight is 1050 g/mol. The summed E-state index contributed by atoms with van der Waals surface area (Å²) in [5.41, 5.74) is 0. The Labute approximate surface area is 467 Å². The number of esters is 2. The first-order chi connectivity index (χ1) is 36.5. The predicted molar refractivity (Wildman–Crippen MR) is 331 cm³/mol. The lowest BCUT2D eigenvalue weighted by molar-refractivity contribution is -0.144. The molecule has 0 spiro atoms. The van der Waals surface area contributed by atoms with Crippen LogP contribution in [0.4, 0.5) is 0 Å². The molecule has 0 heterocycles. The third-order valence-corrected chi connectivity index (χ3v) is 15.9. The standard InChI is InChI=1S/C36H72O2.C34H68O2/c1-4-5-6-7-8-9-10-11-12-13-16-19-22-25-28-31-34-38-36(37)33-30-27-24-21-18-15-14-17-20-23-26-29-32-35(2)3;1-3-5-7-9-11-13-15-17-19-20-22-24-26-28-30-32-34(35)36-33-31-29-27-25-23-21-18-16-14-12-10-8-6-4-2/h35H,4-34H2,1-3H3;3-33H2,1-2H3. The second-order valence-electron chi connectivity index (χ2n) is 24.2. The molecule has 4 heteroatoms. The number of hydrogen-bond acceptors (Lipinski definition) is 4. The molecule has 0 bridgehead atoms. The van der Waals surface area contributed by atoms with Crippen LogP contribution in [0.15, 0.2) is 0 Å². The van der Waals surface area contributed by atoms with Crippen molar-refractivity contribution < 1.29 is 19.1 Å². The van der Waals surface area contributed by atoms with Crippen molar-refractivity contribution in [2.75, 3.05) is 13.2 Å². The van der Waals surface area contributed by atoms with E-state index < -0.39 is 0 Å². The molecule has 0 saturated carbocycles. The van der Waals surface area contributed by atoms with Gasteiger partial charge in [0.05, 0.1) is 13.2 Å². The lowest BCUT2D eigenvalue weighted by atomic mass is 10.0. The van der Waals surface area contributed by atoms with Crippen LogP contribution in [0, 0.1) is 5.92 Å². The Bertz CT molecular complexity index is 972. The van der Waals surface area contributed by atoms with Gasteiger partial charge in [0, 0.05) is 12.8 Å². The maximum Gasteiger partial charge on any atom is 0.305 e. The Balaban J connectivity index is 0. The largest absolute Gasteiger partial charge is 0.466 e. The molecule has 444 valence electrons. The summed E-state index contributed by atoms with van der Waals surface area (Å²) in [5.74, 6) is 0.924. The Morgan fingerprint density at radius 2 is 0.392 bits per heavy atom. The highest BCUT2D eigenvalue weighted by atomic mass is 16.5. The topological polar surface area (TPSA) is 52.6 Å². The molecule has 0 unspecified atom stereocenters. The summed E-state index contributed by atoms with van der Waals surface area (Å²) in [4.78, 5) is 23.8. The van der Waals surface area contributed by atoms with Crippen molar-refractivity contribution in [3.63, 3.8) is 0 Å². The third kappa shape index (κ3) is 73.0. The van der Waals surface area contributed by atoms with Crippen LogP contribution in [-0.4, -0.2) is 25.2 Å². The van der Waals surface area contributed by atoms with Gasteiger partial charge in [-0.05, 0) is 31.6 Å². The van der Waals surface area contributed by atoms with Crippen molar-refractivity contribution in [2.45, 2.75) is 420 Å². The normalized spacial score (nSPS) is 11.4. The summed E-state index contributed by atoms with van der Waals surface area (Å²) >= 11 is 0. The van der Waals surface area contributed by atoms with Gasteiger partial charge in [0.2, 0.25) is 0 Å². The van der Waals surface area contributed by atoms with Gasteiger partial charge in [0.15, 0.2) is 0 Å². The van der Waals surface area contributed by atoms with E-state index in [2.05, 4.69) is 34.6 Å². The molecule has 0 fully saturated rings. The van der Waals surface area contributed by atoms with Crippen LogP contribution >= 0.6 is 0 Å². The quantitative estimate of drug-likeness (QED) is 0.0450. The molecule has 0 aromatic heterocycles. The minimum atomic E-state index is 0.0272. The minimum absolute atomic E-state index is 0.0272. The Morgan fingerprint density at radius 1 is 0.230 bits per heavy atom. The van der Waals surface area contributed by atoms with Crippen LogP contribution in [0.2, 0.25) is 0 Å². The molecule has 0 rings (SSSR count). The number of unbranched alkanes of at least 4 members (excludes halogenated alkanes) is 53. The first kappa shape index (κ1) is 75.0. The van der Waals surface area contributed by atoms with Gasteiger partial charge in [-0.25, -0.2) is 0 Å². The van der Waals surface area contributed by atoms with Gasteiger partial charge in [-0.1, -0.05) is 381 Å². The van der Waals surface area contributed by atoms with Crippen molar-refractivity contribution >= 4 is 11.9 Å². The van der Waals surface area contributed by atoms with Crippen LogP contribution in [-0.2, 0) is 19.1 Å². The zero-order valence-electron chi connectivity index (χ0n) is 52.1. The van der Waals surface area contributed by atoms with Crippen molar-refractivity contribution in [1.29, 1.82) is 0 Å². The van der Waals surface area contributed by atoms with E-state index in [1.807, 2.05) is 0 Å². The van der Waals surface area contributed by atoms with E-state index in [1.165, 1.54) is 347 Å². The smallest absolute Gasteiger partial charge is 0.305 e. The van der Waals surface area contributed by atoms with E-state index in [-0.39, 0.29) is 11.9 Å². The Hall–Kier alpha value is -1.06. The average Bonchev–Trinajstić information content (AvgIpc) is 3.39. The fourth-order valence-corrected chi connectivity index (χ4v) is 10.7. The number of ether oxygens (including phenoxy) is 2. The first-order valence-electron chi connectivity index (χ1n) is 34.8. The van der Waals surface area contributed by atoms with Crippen LogP contribution in [0.3, 0.4) is 0 Å². The fraction of sp³-hybridized carbons (Fsp3) is 0.971. The molecule has 0 atom stereocenters. The summed E-state index contributed by atoms with van der Waals surface area (Å²) in [6.07, 6.45) is 80.3. The SMILES string of the molecule is CCCCCCCCCCCCCCCCCC(=O)OCCCCCCCCCCCCCCCC.CCCCCCCCCCCCCCCCCCOC(=O)CCCCCCCCCCCCCCC(C)C. The highest BCUT2D eigenvalue weighted by molar-refractivity contribution is 5.69. The lowest BCUT2D eigenvalue weighted by Gasteiger charge is -2.06. The first-order valence-corrected chi connectivity index (χ1v) is 34.8. The molecule has 0 N–H and O–H groups in total. The molecule has 0 radical (unpaired) electrons. The zero-order chi connectivity index (χ0) is 54.0. The van der Waals surface area contributed by atoms with Crippen molar-refractivity contribution in [3.05, 3.63) is 0 Å². The third-order valence-electron chi connectivity index (χ3n) is 15.9. The molecule has 0 amide bonds. The molecule has 0 aromatic rings. The molecular weight excluding hydrogens is 905 g/mol. The highest BCUT2D eigenvalue weighted by Crippen LogP contribution is 2.19. The van der Waals surface area contributed by atoms with Crippen LogP contribution < -0.4 is 0 Å². The number of hydrogen-bond donors (Lipinski definition) is 0. The second kappa shape index (κ2) is 70.0. The van der Waals surface area contributed by atoms with Crippen LogP contribution in [0.5, 0.6) is 0 Å². The molecule has 0 aliphatic heterocycles. The number of carbonyl (C=O) groups excluding carboxylic acids is 2. The van der Waals surface area contributed by atoms with E-state index >= 15 is 0 Å². The van der Waals surface area contributed by atoms with Gasteiger partial charge in [-0.15, -0.1) is 0 Å². The van der Waals surface area contributed by atoms with E-state index in [0.717, 1.165) is 31.6 Å². The van der Waals surface area contributed by atoms with Crippen molar-refractivity contribution in [3.8, 4) is 0 Å². The maximum atomic E-state index is 11.9. The molecule has 0 aromatic carbocycles. The molecule has 0 aliphatic carbocycles. The molecule has 0 saturated heterocycles. The van der Waals surface area contributed by atoms with Crippen LogP contribution in [0.25, 0.3) is 0 Å². The van der Waals surface area contributed by atoms with Gasteiger partial charge in [0.1, 0.15) is 0 Å². The minimum Gasteiger partial charge on any atom is -0.466 e. The molecule has 74 heavy (non-hydrogen) atoms. The van der Waals surface area contributed by atoms with Gasteiger partial charge in [0.25, 0.3) is 0 Å². The van der Waals surface area contributed by atoms with E-state index in [4.69, 9.17) is 9.47 Å². The van der Waals surface area contributed by atoms with Gasteiger partial charge in [-0.2, -0.15) is 0 Å². The summed E-state index contributed by atoms with van der Waals surface area (Å²) in [7, 11) is 0. The molecule has 0 aliphatic rings.